The van der Waals surface area contributed by atoms with Gasteiger partial charge in [0, 0.05) is 24.5 Å². The first-order chi connectivity index (χ1) is 8.79. The fourth-order valence-corrected chi connectivity index (χ4v) is 2.90. The van der Waals surface area contributed by atoms with Gasteiger partial charge >= 0.3 is 0 Å². The Hall–Kier alpha value is -1.07. The normalized spacial score (nSPS) is 21.2. The summed E-state index contributed by atoms with van der Waals surface area (Å²) in [5.74, 6) is 0.892. The first kappa shape index (κ1) is 13.4. The van der Waals surface area contributed by atoms with E-state index >= 15 is 0 Å². The lowest BCUT2D eigenvalue weighted by molar-refractivity contribution is 0.309. The van der Waals surface area contributed by atoms with Gasteiger partial charge in [-0.1, -0.05) is 6.07 Å². The maximum absolute atomic E-state index is 4.25. The largest absolute Gasteiger partial charge is 0.355 e. The van der Waals surface area contributed by atoms with Crippen LogP contribution in [-0.4, -0.2) is 44.1 Å². The second-order valence-corrected chi connectivity index (χ2v) is 5.69. The highest BCUT2D eigenvalue weighted by atomic mass is 32.1. The van der Waals surface area contributed by atoms with E-state index in [0.29, 0.717) is 6.04 Å². The zero-order valence-corrected chi connectivity index (χ0v) is 12.0. The summed E-state index contributed by atoms with van der Waals surface area (Å²) in [6.07, 6.45) is 2.59. The van der Waals surface area contributed by atoms with Crippen molar-refractivity contribution in [1.29, 1.82) is 0 Å². The van der Waals surface area contributed by atoms with E-state index in [-0.39, 0.29) is 0 Å². The van der Waals surface area contributed by atoms with Crippen LogP contribution in [0.15, 0.2) is 22.5 Å². The molecule has 0 amide bonds. The second-order valence-electron chi connectivity index (χ2n) is 4.66. The number of likely N-dealkylation sites (tertiary alicyclic amines) is 1. The van der Waals surface area contributed by atoms with Crippen LogP contribution < -0.4 is 10.6 Å². The fraction of sp³-hybridized carbons (Fsp3) is 0.615. The second kappa shape index (κ2) is 6.75. The number of hydrogen-bond donors (Lipinski definition) is 2. The Bertz CT molecular complexity index is 374. The van der Waals surface area contributed by atoms with Crippen LogP contribution in [0.1, 0.15) is 17.7 Å². The summed E-state index contributed by atoms with van der Waals surface area (Å²) >= 11 is 1.77. The van der Waals surface area contributed by atoms with Crippen molar-refractivity contribution in [2.45, 2.75) is 25.4 Å². The molecule has 5 heteroatoms. The lowest BCUT2D eigenvalue weighted by Crippen LogP contribution is -2.43. The van der Waals surface area contributed by atoms with E-state index in [9.17, 15) is 0 Å². The zero-order chi connectivity index (χ0) is 12.8. The van der Waals surface area contributed by atoms with E-state index in [0.717, 1.165) is 19.0 Å². The summed E-state index contributed by atoms with van der Waals surface area (Å²) < 4.78 is 0. The highest BCUT2D eigenvalue weighted by Gasteiger charge is 2.20. The van der Waals surface area contributed by atoms with Gasteiger partial charge < -0.3 is 15.5 Å². The Morgan fingerprint density at radius 1 is 1.56 bits per heavy atom. The van der Waals surface area contributed by atoms with Gasteiger partial charge in [-0.2, -0.15) is 0 Å². The van der Waals surface area contributed by atoms with E-state index in [4.69, 9.17) is 0 Å². The lowest BCUT2D eigenvalue weighted by atomic mass is 10.2. The lowest BCUT2D eigenvalue weighted by Gasteiger charge is -2.21. The molecule has 0 aliphatic carbocycles. The van der Waals surface area contributed by atoms with Crippen molar-refractivity contribution >= 4 is 17.3 Å². The minimum Gasteiger partial charge on any atom is -0.355 e. The number of nitrogens with zero attached hydrogens (tertiary/aromatic N) is 2. The van der Waals surface area contributed by atoms with Gasteiger partial charge in [0.2, 0.25) is 0 Å². The van der Waals surface area contributed by atoms with Crippen LogP contribution in [0.4, 0.5) is 0 Å². The summed E-state index contributed by atoms with van der Waals surface area (Å²) in [7, 11) is 4.02. The average Bonchev–Trinajstić information content (AvgIpc) is 3.01. The van der Waals surface area contributed by atoms with Crippen molar-refractivity contribution in [3.63, 3.8) is 0 Å². The molecule has 1 fully saturated rings. The fourth-order valence-electron chi connectivity index (χ4n) is 2.26. The van der Waals surface area contributed by atoms with Gasteiger partial charge in [0.25, 0.3) is 0 Å². The molecule has 2 rings (SSSR count). The molecule has 0 spiro atoms. The van der Waals surface area contributed by atoms with Crippen molar-refractivity contribution in [3.05, 3.63) is 22.4 Å². The number of thiophene rings is 1. The Balaban J connectivity index is 1.72. The molecular weight excluding hydrogens is 244 g/mol. The highest BCUT2D eigenvalue weighted by molar-refractivity contribution is 7.09. The van der Waals surface area contributed by atoms with Crippen LogP contribution in [0, 0.1) is 0 Å². The average molecular weight is 266 g/mol. The van der Waals surface area contributed by atoms with E-state index in [1.54, 1.807) is 11.3 Å². The quantitative estimate of drug-likeness (QED) is 0.641. The van der Waals surface area contributed by atoms with Gasteiger partial charge in [0.05, 0.1) is 6.54 Å². The van der Waals surface area contributed by atoms with Gasteiger partial charge in [-0.15, -0.1) is 11.3 Å². The molecule has 1 aliphatic rings. The Morgan fingerprint density at radius 3 is 3.06 bits per heavy atom. The van der Waals surface area contributed by atoms with Gasteiger partial charge in [0.1, 0.15) is 0 Å². The van der Waals surface area contributed by atoms with Crippen molar-refractivity contribution in [2.75, 3.05) is 27.2 Å². The van der Waals surface area contributed by atoms with Gasteiger partial charge in [0.15, 0.2) is 5.96 Å². The number of hydrogen-bond acceptors (Lipinski definition) is 3. The molecular formula is C13H22N4S. The first-order valence-corrected chi connectivity index (χ1v) is 7.34. The number of guanidine groups is 1. The maximum atomic E-state index is 4.25. The molecule has 2 N–H and O–H groups in total. The third kappa shape index (κ3) is 3.71. The van der Waals surface area contributed by atoms with Gasteiger partial charge in [-0.25, -0.2) is 0 Å². The minimum absolute atomic E-state index is 0.644. The van der Waals surface area contributed by atoms with Crippen LogP contribution in [0.2, 0.25) is 0 Å². The maximum Gasteiger partial charge on any atom is 0.191 e. The van der Waals surface area contributed by atoms with Gasteiger partial charge in [-0.05, 0) is 37.9 Å². The molecule has 100 valence electrons. The monoisotopic (exact) mass is 266 g/mol. The summed E-state index contributed by atoms with van der Waals surface area (Å²) in [5, 5.41) is 8.85. The highest BCUT2D eigenvalue weighted by Crippen LogP contribution is 2.13. The summed E-state index contributed by atoms with van der Waals surface area (Å²) in [6.45, 7) is 3.03. The molecule has 18 heavy (non-hydrogen) atoms. The van der Waals surface area contributed by atoms with Crippen LogP contribution in [0.25, 0.3) is 0 Å². The van der Waals surface area contributed by atoms with Crippen molar-refractivity contribution < 1.29 is 0 Å². The molecule has 1 saturated heterocycles. The first-order valence-electron chi connectivity index (χ1n) is 6.46. The molecule has 0 bridgehead atoms. The van der Waals surface area contributed by atoms with Crippen molar-refractivity contribution in [2.24, 2.45) is 4.99 Å². The van der Waals surface area contributed by atoms with Crippen LogP contribution >= 0.6 is 11.3 Å². The minimum atomic E-state index is 0.644. The smallest absolute Gasteiger partial charge is 0.191 e. The molecule has 1 unspecified atom stereocenters. The molecule has 1 atom stereocenters. The van der Waals surface area contributed by atoms with Crippen molar-refractivity contribution in [1.82, 2.24) is 15.5 Å². The molecule has 1 aliphatic heterocycles. The molecule has 1 aromatic heterocycles. The topological polar surface area (TPSA) is 39.7 Å². The molecule has 2 heterocycles. The standard InChI is InChI=1S/C13H22N4S/c1-14-13(16-10-12-6-4-8-18-12)15-9-11-5-3-7-17(11)2/h4,6,8,11H,3,5,7,9-10H2,1-2H3,(H2,14,15,16). The van der Waals surface area contributed by atoms with E-state index < -0.39 is 0 Å². The Kier molecular flexibility index (Phi) is 5.01. The molecule has 0 saturated carbocycles. The number of likely N-dealkylation sites (N-methyl/N-ethyl adjacent to an activating group) is 1. The zero-order valence-electron chi connectivity index (χ0n) is 11.1. The number of nitrogens with one attached hydrogen (secondary N) is 2. The number of aliphatic imine (C=N–C) groups is 1. The third-order valence-corrected chi connectivity index (χ3v) is 4.29. The van der Waals surface area contributed by atoms with Crippen LogP contribution in [0.5, 0.6) is 0 Å². The predicted molar refractivity (Wildman–Crippen MR) is 78.2 cm³/mol. The summed E-state index contributed by atoms with van der Waals surface area (Å²) in [4.78, 5) is 8.00. The molecule has 0 radical (unpaired) electrons. The van der Waals surface area contributed by atoms with Crippen LogP contribution in [0.3, 0.4) is 0 Å². The number of rotatable bonds is 4. The van der Waals surface area contributed by atoms with E-state index in [2.05, 4.69) is 45.1 Å². The predicted octanol–water partition coefficient (Wildman–Crippen LogP) is 1.51. The Labute approximate surface area is 113 Å². The molecule has 4 nitrogen and oxygen atoms in total. The van der Waals surface area contributed by atoms with E-state index in [1.807, 2.05) is 7.05 Å². The van der Waals surface area contributed by atoms with Gasteiger partial charge in [-0.3, -0.25) is 4.99 Å². The molecule has 0 aromatic carbocycles. The summed E-state index contributed by atoms with van der Waals surface area (Å²) in [6, 6.07) is 4.85. The van der Waals surface area contributed by atoms with Crippen molar-refractivity contribution in [3.8, 4) is 0 Å². The molecule has 1 aromatic rings. The summed E-state index contributed by atoms with van der Waals surface area (Å²) in [5.41, 5.74) is 0. The Morgan fingerprint density at radius 2 is 2.44 bits per heavy atom. The van der Waals surface area contributed by atoms with Crippen LogP contribution in [-0.2, 0) is 6.54 Å². The third-order valence-electron chi connectivity index (χ3n) is 3.41. The van der Waals surface area contributed by atoms with E-state index in [1.165, 1.54) is 24.3 Å². The SMILES string of the molecule is CN=C(NCc1cccs1)NCC1CCCN1C.